The number of carbonyl (C=O) groups excluding carboxylic acids is 2. The maximum absolute atomic E-state index is 14.2. The number of aromatic amines is 1. The molecule has 41 heavy (non-hydrogen) atoms. The summed E-state index contributed by atoms with van der Waals surface area (Å²) in [5, 5.41) is 1.12. The van der Waals surface area contributed by atoms with Crippen LogP contribution >= 0.6 is 0 Å². The number of nitrogens with one attached hydrogen (secondary N) is 1. The van der Waals surface area contributed by atoms with Gasteiger partial charge in [-0.15, -0.1) is 0 Å². The van der Waals surface area contributed by atoms with Crippen LogP contribution in [0.5, 0.6) is 11.5 Å². The number of hydrogen-bond donors (Lipinski definition) is 1. The van der Waals surface area contributed by atoms with Crippen molar-refractivity contribution in [1.82, 2.24) is 4.98 Å². The van der Waals surface area contributed by atoms with Gasteiger partial charge >= 0.3 is 0 Å². The van der Waals surface area contributed by atoms with E-state index in [-0.39, 0.29) is 29.6 Å². The molecule has 2 fully saturated rings. The molecule has 0 spiro atoms. The van der Waals surface area contributed by atoms with Crippen molar-refractivity contribution >= 4 is 28.4 Å². The number of ether oxygens (including phenoxy) is 2. The standard InChI is InChI=1S/C35H36N2O4/c1-20(2)22-9-15-26-27(17-22)31-32(35(39)37(34(31)38)23-10-12-24(40-3)13-11-23)33-30(26)28-18-25(14-16-29(28)36-33)41-19-21-7-5-4-6-8-21/h4-8,10-14,16,18,20,22,26-27,31-32,36H,9,15,17,19H2,1-3H3/t22-,26+,27-,31-,32+/m1/s1. The first kappa shape index (κ1) is 25.9. The number of nitrogens with zero attached hydrogens (tertiary/aromatic N) is 1. The van der Waals surface area contributed by atoms with E-state index in [9.17, 15) is 9.59 Å². The van der Waals surface area contributed by atoms with Crippen LogP contribution in [0.25, 0.3) is 10.9 Å². The van der Waals surface area contributed by atoms with E-state index in [1.807, 2.05) is 36.4 Å². The highest BCUT2D eigenvalue weighted by Gasteiger charge is 2.59. The summed E-state index contributed by atoms with van der Waals surface area (Å²) in [5.74, 6) is 1.89. The predicted octanol–water partition coefficient (Wildman–Crippen LogP) is 7.20. The molecule has 1 saturated heterocycles. The van der Waals surface area contributed by atoms with E-state index in [1.54, 1.807) is 19.2 Å². The molecule has 6 heteroatoms. The number of hydrogen-bond acceptors (Lipinski definition) is 4. The van der Waals surface area contributed by atoms with Crippen molar-refractivity contribution in [2.24, 2.45) is 23.7 Å². The fourth-order valence-electron chi connectivity index (χ4n) is 7.70. The molecular formula is C35H36N2O4. The van der Waals surface area contributed by atoms with Crippen molar-refractivity contribution in [3.63, 3.8) is 0 Å². The average molecular weight is 549 g/mol. The van der Waals surface area contributed by atoms with Crippen molar-refractivity contribution in [2.45, 2.75) is 51.6 Å². The van der Waals surface area contributed by atoms with Gasteiger partial charge in [0.1, 0.15) is 18.1 Å². The quantitative estimate of drug-likeness (QED) is 0.259. The van der Waals surface area contributed by atoms with Crippen LogP contribution in [-0.4, -0.2) is 23.9 Å². The number of carbonyl (C=O) groups is 2. The van der Waals surface area contributed by atoms with Crippen LogP contribution in [-0.2, 0) is 16.2 Å². The van der Waals surface area contributed by atoms with Crippen molar-refractivity contribution in [3.05, 3.63) is 89.6 Å². The highest BCUT2D eigenvalue weighted by molar-refractivity contribution is 6.24. The van der Waals surface area contributed by atoms with Gasteiger partial charge in [0.05, 0.1) is 24.6 Å². The molecule has 1 N–H and O–H groups in total. The summed E-state index contributed by atoms with van der Waals surface area (Å²) in [4.78, 5) is 33.4. The Hall–Kier alpha value is -4.06. The molecule has 0 radical (unpaired) electrons. The molecule has 5 atom stereocenters. The van der Waals surface area contributed by atoms with Crippen LogP contribution in [0.3, 0.4) is 0 Å². The Kier molecular flexibility index (Phi) is 6.37. The zero-order valence-corrected chi connectivity index (χ0v) is 23.8. The zero-order chi connectivity index (χ0) is 28.2. The highest BCUT2D eigenvalue weighted by atomic mass is 16.5. The van der Waals surface area contributed by atoms with E-state index in [1.165, 1.54) is 10.5 Å². The molecule has 0 unspecified atom stereocenters. The van der Waals surface area contributed by atoms with E-state index in [2.05, 4.69) is 43.1 Å². The Bertz CT molecular complexity index is 1610. The molecule has 3 aromatic carbocycles. The smallest absolute Gasteiger partial charge is 0.243 e. The van der Waals surface area contributed by atoms with Crippen LogP contribution in [0.15, 0.2) is 72.8 Å². The van der Waals surface area contributed by atoms with Crippen LogP contribution < -0.4 is 14.4 Å². The lowest BCUT2D eigenvalue weighted by atomic mass is 9.58. The second-order valence-electron chi connectivity index (χ2n) is 12.2. The predicted molar refractivity (Wildman–Crippen MR) is 159 cm³/mol. The van der Waals surface area contributed by atoms with E-state index < -0.39 is 5.92 Å². The van der Waals surface area contributed by atoms with E-state index in [0.29, 0.717) is 29.9 Å². The third kappa shape index (κ3) is 4.23. The number of methoxy groups -OCH3 is 1. The number of aromatic nitrogens is 1. The van der Waals surface area contributed by atoms with Crippen LogP contribution in [0.4, 0.5) is 5.69 Å². The maximum Gasteiger partial charge on any atom is 0.243 e. The molecule has 4 aromatic rings. The lowest BCUT2D eigenvalue weighted by Gasteiger charge is -2.44. The molecule has 6 nitrogen and oxygen atoms in total. The summed E-state index contributed by atoms with van der Waals surface area (Å²) in [6, 6.07) is 23.6. The van der Waals surface area contributed by atoms with Crippen molar-refractivity contribution in [1.29, 1.82) is 0 Å². The molecule has 1 aliphatic heterocycles. The van der Waals surface area contributed by atoms with Gasteiger partial charge in [0.2, 0.25) is 11.8 Å². The number of anilines is 1. The first-order valence-electron chi connectivity index (χ1n) is 14.8. The third-order valence-electron chi connectivity index (χ3n) is 9.80. The number of fused-ring (bicyclic) bond motifs is 8. The Labute approximate surface area is 240 Å². The minimum Gasteiger partial charge on any atom is -0.497 e. The molecule has 7 rings (SSSR count). The molecule has 2 amide bonds. The van der Waals surface area contributed by atoms with Gasteiger partial charge in [-0.25, -0.2) is 4.90 Å². The fraction of sp³-hybridized carbons (Fsp3) is 0.371. The normalized spacial score (nSPS) is 25.3. The molecule has 1 aromatic heterocycles. The van der Waals surface area contributed by atoms with Gasteiger partial charge in [-0.2, -0.15) is 0 Å². The number of H-pyrrole nitrogens is 1. The van der Waals surface area contributed by atoms with Gasteiger partial charge in [-0.05, 0) is 96.5 Å². The Morgan fingerprint density at radius 2 is 1.68 bits per heavy atom. The average Bonchev–Trinajstić information content (AvgIpc) is 3.50. The first-order chi connectivity index (χ1) is 19.9. The van der Waals surface area contributed by atoms with Gasteiger partial charge in [0.25, 0.3) is 0 Å². The summed E-state index contributed by atoms with van der Waals surface area (Å²) >= 11 is 0. The number of benzene rings is 3. The van der Waals surface area contributed by atoms with Gasteiger partial charge in [0.15, 0.2) is 0 Å². The summed E-state index contributed by atoms with van der Waals surface area (Å²) in [6.45, 7) is 5.06. The molecule has 3 aliphatic rings. The largest absolute Gasteiger partial charge is 0.497 e. The summed E-state index contributed by atoms with van der Waals surface area (Å²) in [5.41, 5.74) is 4.86. The van der Waals surface area contributed by atoms with E-state index >= 15 is 0 Å². The van der Waals surface area contributed by atoms with E-state index in [4.69, 9.17) is 9.47 Å². The van der Waals surface area contributed by atoms with Crippen molar-refractivity contribution < 1.29 is 19.1 Å². The van der Waals surface area contributed by atoms with Crippen LogP contribution in [0.1, 0.15) is 61.8 Å². The first-order valence-corrected chi connectivity index (χ1v) is 14.8. The van der Waals surface area contributed by atoms with Gasteiger partial charge in [0, 0.05) is 16.6 Å². The second kappa shape index (κ2) is 10.1. The van der Waals surface area contributed by atoms with Gasteiger partial charge in [-0.1, -0.05) is 44.2 Å². The molecule has 0 bridgehead atoms. The molecular weight excluding hydrogens is 512 g/mol. The second-order valence-corrected chi connectivity index (χ2v) is 12.2. The molecule has 1 saturated carbocycles. The SMILES string of the molecule is COc1ccc(N2C(=O)[C@@H]3[C@@H]4C[C@H](C(C)C)CC[C@@H]4c4c([nH]c5ccc(OCc6ccccc6)cc45)[C@H]3C2=O)cc1. The molecule has 210 valence electrons. The maximum atomic E-state index is 14.2. The minimum absolute atomic E-state index is 0.0687. The summed E-state index contributed by atoms with van der Waals surface area (Å²) in [7, 11) is 1.61. The number of amides is 2. The number of imide groups is 1. The summed E-state index contributed by atoms with van der Waals surface area (Å²) in [6.07, 6.45) is 3.13. The van der Waals surface area contributed by atoms with Gasteiger partial charge in [-0.3, -0.25) is 9.59 Å². The minimum atomic E-state index is -0.507. The lowest BCUT2D eigenvalue weighted by Crippen LogP contribution is -2.40. The zero-order valence-electron chi connectivity index (χ0n) is 23.8. The number of rotatable bonds is 6. The van der Waals surface area contributed by atoms with Gasteiger partial charge < -0.3 is 14.5 Å². The van der Waals surface area contributed by atoms with Crippen molar-refractivity contribution in [3.8, 4) is 11.5 Å². The molecule has 2 aliphatic carbocycles. The van der Waals surface area contributed by atoms with Crippen LogP contribution in [0, 0.1) is 23.7 Å². The Morgan fingerprint density at radius 3 is 2.41 bits per heavy atom. The van der Waals surface area contributed by atoms with Crippen LogP contribution in [0.2, 0.25) is 0 Å². The Morgan fingerprint density at radius 1 is 0.927 bits per heavy atom. The van der Waals surface area contributed by atoms with E-state index in [0.717, 1.165) is 47.2 Å². The topological polar surface area (TPSA) is 71.6 Å². The third-order valence-corrected chi connectivity index (χ3v) is 9.80. The summed E-state index contributed by atoms with van der Waals surface area (Å²) < 4.78 is 11.5. The van der Waals surface area contributed by atoms with Crippen molar-refractivity contribution in [2.75, 3.05) is 12.0 Å². The lowest BCUT2D eigenvalue weighted by molar-refractivity contribution is -0.123. The monoisotopic (exact) mass is 548 g/mol. The Balaban J connectivity index is 1.31. The molecule has 2 heterocycles. The fourth-order valence-corrected chi connectivity index (χ4v) is 7.70. The highest BCUT2D eigenvalue weighted by Crippen LogP contribution is 2.59.